The Balaban J connectivity index is 2.72. The highest BCUT2D eigenvalue weighted by Gasteiger charge is 2.08. The lowest BCUT2D eigenvalue weighted by molar-refractivity contribution is 0.489. The van der Waals surface area contributed by atoms with E-state index in [1.807, 2.05) is 31.3 Å². The van der Waals surface area contributed by atoms with E-state index < -0.39 is 0 Å². The Morgan fingerprint density at radius 1 is 1.26 bits per heavy atom. The zero-order valence-corrected chi connectivity index (χ0v) is 15.6. The Morgan fingerprint density at radius 2 is 2.00 bits per heavy atom. The third-order valence-electron chi connectivity index (χ3n) is 3.60. The third-order valence-corrected chi connectivity index (χ3v) is 3.60. The number of guanidine groups is 1. The monoisotopic (exact) mass is 319 g/mol. The van der Waals surface area contributed by atoms with Crippen molar-refractivity contribution in [1.29, 1.82) is 0 Å². The van der Waals surface area contributed by atoms with E-state index in [1.54, 1.807) is 0 Å². The van der Waals surface area contributed by atoms with Crippen molar-refractivity contribution < 1.29 is 0 Å². The van der Waals surface area contributed by atoms with Crippen molar-refractivity contribution in [2.24, 2.45) is 10.9 Å². The number of nitrogens with one attached hydrogen (secondary N) is 2. The largest absolute Gasteiger partial charge is 0.362 e. The maximum absolute atomic E-state index is 4.72. The maximum Gasteiger partial charge on any atom is 0.191 e. The topological polar surface area (TPSA) is 52.6 Å². The summed E-state index contributed by atoms with van der Waals surface area (Å²) in [5.74, 6) is 2.58. The van der Waals surface area contributed by atoms with Gasteiger partial charge in [0.25, 0.3) is 0 Å². The first-order chi connectivity index (χ1) is 10.9. The molecule has 0 aromatic carbocycles. The fourth-order valence-electron chi connectivity index (χ4n) is 2.33. The highest BCUT2D eigenvalue weighted by atomic mass is 15.2. The van der Waals surface area contributed by atoms with E-state index in [1.165, 1.54) is 6.42 Å². The highest BCUT2D eigenvalue weighted by molar-refractivity contribution is 5.80. The quantitative estimate of drug-likeness (QED) is 0.571. The van der Waals surface area contributed by atoms with Gasteiger partial charge in [-0.1, -0.05) is 19.9 Å². The van der Waals surface area contributed by atoms with Crippen molar-refractivity contribution in [3.63, 3.8) is 0 Å². The first-order valence-corrected chi connectivity index (χ1v) is 8.60. The molecule has 0 fully saturated rings. The summed E-state index contributed by atoms with van der Waals surface area (Å²) in [7, 11) is 4.01. The molecule has 0 saturated heterocycles. The smallest absolute Gasteiger partial charge is 0.191 e. The molecule has 1 unspecified atom stereocenters. The van der Waals surface area contributed by atoms with Gasteiger partial charge in [-0.15, -0.1) is 0 Å². The molecule has 0 amide bonds. The van der Waals surface area contributed by atoms with Crippen molar-refractivity contribution in [1.82, 2.24) is 15.6 Å². The van der Waals surface area contributed by atoms with E-state index in [9.17, 15) is 0 Å². The number of hydrogen-bond acceptors (Lipinski definition) is 3. The van der Waals surface area contributed by atoms with Crippen molar-refractivity contribution >= 4 is 11.8 Å². The summed E-state index contributed by atoms with van der Waals surface area (Å²) in [5, 5.41) is 6.82. The second kappa shape index (κ2) is 10.1. The molecule has 1 atom stereocenters. The molecule has 5 heteroatoms. The molecule has 1 rings (SSSR count). The lowest BCUT2D eigenvalue weighted by Crippen LogP contribution is -2.42. The van der Waals surface area contributed by atoms with Gasteiger partial charge in [-0.2, -0.15) is 0 Å². The standard InChI is InChI=1S/C18H33N5/c1-7-19-18(22-15(4)11-10-14(2)3)21-13-16-9-8-12-20-17(16)23(5)6/h8-9,12,14-15H,7,10-11,13H2,1-6H3,(H2,19,21,22). The van der Waals surface area contributed by atoms with E-state index >= 15 is 0 Å². The van der Waals surface area contributed by atoms with E-state index in [2.05, 4.69) is 49.4 Å². The zero-order chi connectivity index (χ0) is 17.2. The molecule has 1 aromatic rings. The zero-order valence-electron chi connectivity index (χ0n) is 15.6. The SMILES string of the molecule is CCNC(=NCc1cccnc1N(C)C)NC(C)CCC(C)C. The molecular weight excluding hydrogens is 286 g/mol. The van der Waals surface area contributed by atoms with Gasteiger partial charge < -0.3 is 15.5 Å². The minimum absolute atomic E-state index is 0.414. The molecule has 2 N–H and O–H groups in total. The van der Waals surface area contributed by atoms with Crippen LogP contribution in [0.2, 0.25) is 0 Å². The Bertz CT molecular complexity index is 482. The second-order valence-electron chi connectivity index (χ2n) is 6.59. The molecule has 0 aliphatic carbocycles. The van der Waals surface area contributed by atoms with Gasteiger partial charge in [0.1, 0.15) is 5.82 Å². The Morgan fingerprint density at radius 3 is 2.61 bits per heavy atom. The number of aromatic nitrogens is 1. The molecule has 0 radical (unpaired) electrons. The molecule has 0 aliphatic heterocycles. The van der Waals surface area contributed by atoms with Gasteiger partial charge in [0, 0.05) is 38.4 Å². The van der Waals surface area contributed by atoms with E-state index in [0.717, 1.165) is 36.2 Å². The van der Waals surface area contributed by atoms with Crippen molar-refractivity contribution in [2.45, 2.75) is 53.1 Å². The number of pyridine rings is 1. The lowest BCUT2D eigenvalue weighted by atomic mass is 10.0. The molecule has 130 valence electrons. The summed E-state index contributed by atoms with van der Waals surface area (Å²) >= 11 is 0. The van der Waals surface area contributed by atoms with Crippen LogP contribution in [0.4, 0.5) is 5.82 Å². The molecule has 1 aromatic heterocycles. The molecule has 0 bridgehead atoms. The number of rotatable bonds is 8. The van der Waals surface area contributed by atoms with E-state index in [4.69, 9.17) is 4.99 Å². The second-order valence-corrected chi connectivity index (χ2v) is 6.59. The van der Waals surface area contributed by atoms with E-state index in [-0.39, 0.29) is 0 Å². The summed E-state index contributed by atoms with van der Waals surface area (Å²) in [6.07, 6.45) is 4.19. The Labute approximate surface area is 141 Å². The fraction of sp³-hybridized carbons (Fsp3) is 0.667. The average molecular weight is 319 g/mol. The van der Waals surface area contributed by atoms with Crippen LogP contribution < -0.4 is 15.5 Å². The molecule has 23 heavy (non-hydrogen) atoms. The normalized spacial score (nSPS) is 13.1. The summed E-state index contributed by atoms with van der Waals surface area (Å²) in [4.78, 5) is 11.2. The Kier molecular flexibility index (Phi) is 8.45. The highest BCUT2D eigenvalue weighted by Crippen LogP contribution is 2.15. The summed E-state index contributed by atoms with van der Waals surface area (Å²) in [6.45, 7) is 10.3. The number of nitrogens with zero attached hydrogens (tertiary/aromatic N) is 3. The number of aliphatic imine (C=N–C) groups is 1. The summed E-state index contributed by atoms with van der Waals surface area (Å²) < 4.78 is 0. The van der Waals surface area contributed by atoms with Crippen LogP contribution in [0.15, 0.2) is 23.3 Å². The maximum atomic E-state index is 4.72. The van der Waals surface area contributed by atoms with Gasteiger partial charge in [-0.3, -0.25) is 0 Å². The van der Waals surface area contributed by atoms with Crippen LogP contribution in [0.25, 0.3) is 0 Å². The third kappa shape index (κ3) is 7.35. The lowest BCUT2D eigenvalue weighted by Gasteiger charge is -2.19. The van der Waals surface area contributed by atoms with Crippen molar-refractivity contribution in [3.05, 3.63) is 23.9 Å². The molecule has 1 heterocycles. The summed E-state index contributed by atoms with van der Waals surface area (Å²) in [5.41, 5.74) is 1.13. The van der Waals surface area contributed by atoms with E-state index in [0.29, 0.717) is 12.6 Å². The van der Waals surface area contributed by atoms with Gasteiger partial charge in [-0.25, -0.2) is 9.98 Å². The van der Waals surface area contributed by atoms with Crippen molar-refractivity contribution in [2.75, 3.05) is 25.5 Å². The van der Waals surface area contributed by atoms with Crippen LogP contribution in [0.3, 0.4) is 0 Å². The van der Waals surface area contributed by atoms with Crippen LogP contribution in [-0.4, -0.2) is 37.6 Å². The molecular formula is C18H33N5. The van der Waals surface area contributed by atoms with Crippen LogP contribution in [0.5, 0.6) is 0 Å². The summed E-state index contributed by atoms with van der Waals surface area (Å²) in [6, 6.07) is 4.46. The minimum atomic E-state index is 0.414. The average Bonchev–Trinajstić information content (AvgIpc) is 2.51. The van der Waals surface area contributed by atoms with Gasteiger partial charge >= 0.3 is 0 Å². The number of hydrogen-bond donors (Lipinski definition) is 2. The predicted molar refractivity (Wildman–Crippen MR) is 100 cm³/mol. The van der Waals surface area contributed by atoms with Crippen LogP contribution in [-0.2, 0) is 6.54 Å². The molecule has 5 nitrogen and oxygen atoms in total. The Hall–Kier alpha value is -1.78. The first-order valence-electron chi connectivity index (χ1n) is 8.60. The van der Waals surface area contributed by atoms with Crippen LogP contribution in [0, 0.1) is 5.92 Å². The molecule has 0 aliphatic rings. The molecule has 0 spiro atoms. The predicted octanol–water partition coefficient (Wildman–Crippen LogP) is 3.03. The minimum Gasteiger partial charge on any atom is -0.362 e. The number of anilines is 1. The van der Waals surface area contributed by atoms with Gasteiger partial charge in [0.15, 0.2) is 5.96 Å². The fourth-order valence-corrected chi connectivity index (χ4v) is 2.33. The van der Waals surface area contributed by atoms with Gasteiger partial charge in [0.2, 0.25) is 0 Å². The first kappa shape index (κ1) is 19.3. The van der Waals surface area contributed by atoms with Crippen LogP contribution >= 0.6 is 0 Å². The van der Waals surface area contributed by atoms with Crippen LogP contribution in [0.1, 0.15) is 46.1 Å². The van der Waals surface area contributed by atoms with Gasteiger partial charge in [0.05, 0.1) is 6.54 Å². The van der Waals surface area contributed by atoms with Crippen molar-refractivity contribution in [3.8, 4) is 0 Å². The molecule has 0 saturated carbocycles. The van der Waals surface area contributed by atoms with Gasteiger partial charge in [-0.05, 0) is 38.7 Å².